The Labute approximate surface area is 229 Å². The fraction of sp³-hybridized carbons (Fsp3) is 0.276. The zero-order chi connectivity index (χ0) is 26.2. The van der Waals surface area contributed by atoms with Crippen molar-refractivity contribution in [3.63, 3.8) is 0 Å². The van der Waals surface area contributed by atoms with Gasteiger partial charge in [0.25, 0.3) is 0 Å². The quantitative estimate of drug-likeness (QED) is 0.316. The number of nitrogens with zero attached hydrogens (tertiary/aromatic N) is 4. The number of aromatic nitrogens is 2. The second-order valence-corrected chi connectivity index (χ2v) is 11.6. The Hall–Kier alpha value is -3.43. The summed E-state index contributed by atoms with van der Waals surface area (Å²) in [6, 6.07) is 18.4. The van der Waals surface area contributed by atoms with E-state index >= 15 is 0 Å². The van der Waals surface area contributed by atoms with Gasteiger partial charge in [-0.05, 0) is 60.5 Å². The van der Waals surface area contributed by atoms with Gasteiger partial charge < -0.3 is 4.90 Å². The summed E-state index contributed by atoms with van der Waals surface area (Å²) in [5.74, 6) is 0.306. The summed E-state index contributed by atoms with van der Waals surface area (Å²) in [6.07, 6.45) is 1.97. The van der Waals surface area contributed by atoms with Crippen molar-refractivity contribution in [3.8, 4) is 16.3 Å². The summed E-state index contributed by atoms with van der Waals surface area (Å²) >= 11 is 3.07. The summed E-state index contributed by atoms with van der Waals surface area (Å²) in [7, 11) is 0. The van der Waals surface area contributed by atoms with E-state index in [2.05, 4.69) is 0 Å². The van der Waals surface area contributed by atoms with Gasteiger partial charge in [0.2, 0.25) is 11.8 Å². The molecule has 0 bridgehead atoms. The van der Waals surface area contributed by atoms with Crippen molar-refractivity contribution in [2.75, 3.05) is 30.3 Å². The second kappa shape index (κ2) is 10.4. The van der Waals surface area contributed by atoms with E-state index in [9.17, 15) is 14.0 Å². The monoisotopic (exact) mass is 546 g/mol. The first kappa shape index (κ1) is 24.9. The predicted octanol–water partition coefficient (Wildman–Crippen LogP) is 5.84. The number of halogens is 1. The minimum atomic E-state index is -0.310. The summed E-state index contributed by atoms with van der Waals surface area (Å²) in [5.41, 5.74) is 4.38. The van der Waals surface area contributed by atoms with Crippen molar-refractivity contribution >= 4 is 40.7 Å². The van der Waals surface area contributed by atoms with E-state index in [0.717, 1.165) is 58.9 Å². The maximum Gasteiger partial charge on any atom is 0.242 e. The summed E-state index contributed by atoms with van der Waals surface area (Å²) < 4.78 is 15.7. The summed E-state index contributed by atoms with van der Waals surface area (Å²) in [6.45, 7) is 3.42. The highest BCUT2D eigenvalue weighted by Crippen LogP contribution is 2.49. The Morgan fingerprint density at radius 1 is 1.05 bits per heavy atom. The zero-order valence-electron chi connectivity index (χ0n) is 21.0. The van der Waals surface area contributed by atoms with E-state index in [-0.39, 0.29) is 35.2 Å². The number of aryl methyl sites for hydroxylation is 1. The SMILES string of the molecule is Cc1ccccc1-n1nc(-c2cccs2)c2c1N(CC(=O)N1CCCC1)C(=O)CS[C@H]2c1ccc(F)cc1. The Bertz CT molecular complexity index is 1480. The molecule has 0 radical (unpaired) electrons. The van der Waals surface area contributed by atoms with Crippen molar-refractivity contribution in [1.82, 2.24) is 14.7 Å². The molecule has 2 aliphatic heterocycles. The standard InChI is InChI=1S/C29H27FN4O2S2/c1-19-7-2-3-8-22(19)34-29-26(27(31-34)23-9-6-16-37-23)28(20-10-12-21(30)13-11-20)38-18-25(36)33(29)17-24(35)32-14-4-5-15-32/h2-3,6-13,16,28H,4-5,14-15,17-18H2,1H3/t28-/m0/s1. The number of carbonyl (C=O) groups is 2. The highest BCUT2D eigenvalue weighted by Gasteiger charge is 2.38. The number of rotatable bonds is 5. The van der Waals surface area contributed by atoms with Gasteiger partial charge in [0.05, 0.1) is 21.6 Å². The van der Waals surface area contributed by atoms with E-state index in [1.54, 1.807) is 28.4 Å². The highest BCUT2D eigenvalue weighted by atomic mass is 32.2. The lowest BCUT2D eigenvalue weighted by atomic mass is 10.0. The van der Waals surface area contributed by atoms with Gasteiger partial charge in [0.1, 0.15) is 23.9 Å². The summed E-state index contributed by atoms with van der Waals surface area (Å²) in [4.78, 5) is 31.6. The van der Waals surface area contributed by atoms with Crippen LogP contribution in [0.5, 0.6) is 0 Å². The van der Waals surface area contributed by atoms with Crippen LogP contribution in [-0.4, -0.2) is 51.9 Å². The van der Waals surface area contributed by atoms with Crippen LogP contribution in [0.15, 0.2) is 66.0 Å². The largest absolute Gasteiger partial charge is 0.341 e. The normalized spacial score (nSPS) is 17.5. The van der Waals surface area contributed by atoms with Crippen LogP contribution in [0, 0.1) is 12.7 Å². The van der Waals surface area contributed by atoms with Crippen LogP contribution in [0.3, 0.4) is 0 Å². The fourth-order valence-electron chi connectivity index (χ4n) is 5.19. The molecule has 2 aliphatic rings. The Kier molecular flexibility index (Phi) is 6.80. The van der Waals surface area contributed by atoms with E-state index in [4.69, 9.17) is 5.10 Å². The molecule has 1 atom stereocenters. The average Bonchev–Trinajstić information content (AvgIpc) is 3.69. The molecule has 0 N–H and O–H groups in total. The second-order valence-electron chi connectivity index (χ2n) is 9.57. The van der Waals surface area contributed by atoms with Crippen molar-refractivity contribution in [1.29, 1.82) is 0 Å². The van der Waals surface area contributed by atoms with Gasteiger partial charge in [-0.1, -0.05) is 36.4 Å². The Morgan fingerprint density at radius 2 is 1.82 bits per heavy atom. The minimum Gasteiger partial charge on any atom is -0.341 e. The zero-order valence-corrected chi connectivity index (χ0v) is 22.6. The number of benzene rings is 2. The van der Waals surface area contributed by atoms with Crippen molar-refractivity contribution < 1.29 is 14.0 Å². The molecule has 1 saturated heterocycles. The number of para-hydroxylation sites is 1. The minimum absolute atomic E-state index is 0.0377. The van der Waals surface area contributed by atoms with Crippen LogP contribution in [0.2, 0.25) is 0 Å². The maximum atomic E-state index is 13.9. The molecule has 2 amide bonds. The van der Waals surface area contributed by atoms with E-state index in [1.165, 1.54) is 23.9 Å². The Morgan fingerprint density at radius 3 is 2.53 bits per heavy atom. The third-order valence-electron chi connectivity index (χ3n) is 7.11. The Balaban J connectivity index is 1.60. The molecule has 1 fully saturated rings. The molecular formula is C29H27FN4O2S2. The molecule has 2 aromatic carbocycles. The lowest BCUT2D eigenvalue weighted by Crippen LogP contribution is -2.43. The smallest absolute Gasteiger partial charge is 0.242 e. The van der Waals surface area contributed by atoms with E-state index in [1.807, 2.05) is 58.3 Å². The topological polar surface area (TPSA) is 58.4 Å². The van der Waals surface area contributed by atoms with Crippen LogP contribution in [0.1, 0.15) is 34.8 Å². The molecule has 38 heavy (non-hydrogen) atoms. The van der Waals surface area contributed by atoms with Crippen LogP contribution in [0.4, 0.5) is 10.2 Å². The predicted molar refractivity (Wildman–Crippen MR) is 150 cm³/mol. The number of likely N-dealkylation sites (tertiary alicyclic amines) is 1. The molecule has 194 valence electrons. The first-order valence-electron chi connectivity index (χ1n) is 12.7. The van der Waals surface area contributed by atoms with Crippen molar-refractivity contribution in [3.05, 3.63) is 88.6 Å². The van der Waals surface area contributed by atoms with Gasteiger partial charge in [0.15, 0.2) is 0 Å². The van der Waals surface area contributed by atoms with Crippen LogP contribution in [0.25, 0.3) is 16.3 Å². The molecule has 4 aromatic rings. The number of anilines is 1. The molecule has 0 aliphatic carbocycles. The first-order chi connectivity index (χ1) is 18.5. The van der Waals surface area contributed by atoms with Crippen molar-refractivity contribution in [2.45, 2.75) is 25.0 Å². The number of hydrogen-bond donors (Lipinski definition) is 0. The van der Waals surface area contributed by atoms with Gasteiger partial charge in [0, 0.05) is 18.7 Å². The summed E-state index contributed by atoms with van der Waals surface area (Å²) in [5, 5.41) is 6.85. The molecule has 4 heterocycles. The number of amides is 2. The number of carbonyl (C=O) groups excluding carboxylic acids is 2. The number of thioether (sulfide) groups is 1. The van der Waals surface area contributed by atoms with Crippen LogP contribution >= 0.6 is 23.1 Å². The molecule has 0 saturated carbocycles. The van der Waals surface area contributed by atoms with E-state index in [0.29, 0.717) is 5.82 Å². The highest BCUT2D eigenvalue weighted by molar-refractivity contribution is 8.00. The number of fused-ring (bicyclic) bond motifs is 1. The van der Waals surface area contributed by atoms with Gasteiger partial charge >= 0.3 is 0 Å². The van der Waals surface area contributed by atoms with Crippen LogP contribution < -0.4 is 4.90 Å². The maximum absolute atomic E-state index is 13.9. The van der Waals surface area contributed by atoms with Crippen molar-refractivity contribution in [2.24, 2.45) is 0 Å². The lowest BCUT2D eigenvalue weighted by molar-refractivity contribution is -0.130. The van der Waals surface area contributed by atoms with Gasteiger partial charge in [-0.2, -0.15) is 5.10 Å². The molecule has 2 aromatic heterocycles. The van der Waals surface area contributed by atoms with E-state index < -0.39 is 0 Å². The molecule has 6 nitrogen and oxygen atoms in total. The molecule has 6 rings (SSSR count). The third kappa shape index (κ3) is 4.54. The van der Waals surface area contributed by atoms with Crippen LogP contribution in [-0.2, 0) is 9.59 Å². The number of thiophene rings is 1. The molecular weight excluding hydrogens is 519 g/mol. The molecule has 0 spiro atoms. The average molecular weight is 547 g/mol. The lowest BCUT2D eigenvalue weighted by Gasteiger charge is -2.26. The van der Waals surface area contributed by atoms with Gasteiger partial charge in [-0.15, -0.1) is 23.1 Å². The third-order valence-corrected chi connectivity index (χ3v) is 9.24. The molecule has 0 unspecified atom stereocenters. The fourth-order valence-corrected chi connectivity index (χ4v) is 7.11. The first-order valence-corrected chi connectivity index (χ1v) is 14.6. The van der Waals surface area contributed by atoms with Gasteiger partial charge in [-0.3, -0.25) is 14.5 Å². The van der Waals surface area contributed by atoms with Gasteiger partial charge in [-0.25, -0.2) is 9.07 Å². The number of hydrogen-bond acceptors (Lipinski definition) is 5. The molecule has 9 heteroatoms.